The third-order valence-corrected chi connectivity index (χ3v) is 0.136. The van der Waals surface area contributed by atoms with E-state index in [1.54, 1.807) is 0 Å². The maximum atomic E-state index is 4.78. The van der Waals surface area contributed by atoms with E-state index in [4.69, 9.17) is 6.58 Å². The molecule has 0 aliphatic heterocycles. The summed E-state index contributed by atoms with van der Waals surface area (Å²) in [6.07, 6.45) is 2.92. The quantitative estimate of drug-likeness (QED) is 0.269. The molecule has 0 fully saturated rings. The molecule has 0 unspecified atom stereocenters. The first-order chi connectivity index (χ1) is 1.91. The third-order valence-electron chi connectivity index (χ3n) is 0.136. The second kappa shape index (κ2) is 9.00. The van der Waals surface area contributed by atoms with E-state index < -0.39 is 0 Å². The standard InChI is InChI=1S/C4H5.Fe/c1-3-4-2;/h1,3-4H,2H2;/q-1;. The van der Waals surface area contributed by atoms with Gasteiger partial charge in [0.15, 0.2) is 0 Å². The monoisotopic (exact) mass is 109 g/mol. The summed E-state index contributed by atoms with van der Waals surface area (Å²) >= 11 is 0. The normalized spacial score (nSPS) is 4.00. The molecular formula is C4H5Fe-. The second-order valence-corrected chi connectivity index (χ2v) is 0.428. The van der Waals surface area contributed by atoms with E-state index in [9.17, 15) is 0 Å². The van der Waals surface area contributed by atoms with Crippen LogP contribution in [0.2, 0.25) is 0 Å². The molecule has 0 aromatic heterocycles. The Morgan fingerprint density at radius 2 is 1.80 bits per heavy atom. The van der Waals surface area contributed by atoms with Crippen molar-refractivity contribution < 1.29 is 17.1 Å². The van der Waals surface area contributed by atoms with Gasteiger partial charge in [-0.1, -0.05) is 0 Å². The Labute approximate surface area is 43.1 Å². The van der Waals surface area contributed by atoms with E-state index in [2.05, 4.69) is 6.58 Å². The van der Waals surface area contributed by atoms with Crippen LogP contribution in [0.15, 0.2) is 18.7 Å². The molecule has 5 heavy (non-hydrogen) atoms. The Kier molecular flexibility index (Phi) is 16.0. The van der Waals surface area contributed by atoms with Gasteiger partial charge in [0.2, 0.25) is 0 Å². The van der Waals surface area contributed by atoms with Crippen molar-refractivity contribution in [2.75, 3.05) is 0 Å². The molecule has 0 amide bonds. The third kappa shape index (κ3) is 16.0. The van der Waals surface area contributed by atoms with Crippen LogP contribution in [0.1, 0.15) is 0 Å². The number of hydrogen-bond acceptors (Lipinski definition) is 0. The van der Waals surface area contributed by atoms with Gasteiger partial charge in [0, 0.05) is 17.1 Å². The van der Waals surface area contributed by atoms with E-state index in [1.807, 2.05) is 0 Å². The predicted octanol–water partition coefficient (Wildman–Crippen LogP) is 1.16. The maximum absolute atomic E-state index is 4.78. The Morgan fingerprint density at radius 3 is 1.80 bits per heavy atom. The average molecular weight is 109 g/mol. The van der Waals surface area contributed by atoms with Crippen molar-refractivity contribution in [1.29, 1.82) is 0 Å². The van der Waals surface area contributed by atoms with Gasteiger partial charge in [-0.25, -0.2) is 12.2 Å². The van der Waals surface area contributed by atoms with Crippen LogP contribution in [0, 0.1) is 6.58 Å². The van der Waals surface area contributed by atoms with Crippen molar-refractivity contribution in [3.8, 4) is 0 Å². The molecule has 0 bridgehead atoms. The Morgan fingerprint density at radius 1 is 1.60 bits per heavy atom. The molecule has 0 aromatic carbocycles. The molecule has 0 spiro atoms. The summed E-state index contributed by atoms with van der Waals surface area (Å²) in [4.78, 5) is 0. The van der Waals surface area contributed by atoms with Crippen LogP contribution in [0.25, 0.3) is 0 Å². The van der Waals surface area contributed by atoms with Gasteiger partial charge in [0.25, 0.3) is 0 Å². The molecule has 0 N–H and O–H groups in total. The summed E-state index contributed by atoms with van der Waals surface area (Å²) in [5.41, 5.74) is 0. The van der Waals surface area contributed by atoms with Gasteiger partial charge >= 0.3 is 0 Å². The number of hydrogen-bond donors (Lipinski definition) is 0. The summed E-state index contributed by atoms with van der Waals surface area (Å²) in [5.74, 6) is 0. The molecule has 0 aliphatic carbocycles. The van der Waals surface area contributed by atoms with E-state index in [0.29, 0.717) is 0 Å². The molecular weight excluding hydrogens is 104 g/mol. The summed E-state index contributed by atoms with van der Waals surface area (Å²) in [7, 11) is 0. The second-order valence-electron chi connectivity index (χ2n) is 0.428. The van der Waals surface area contributed by atoms with Gasteiger partial charge < -0.3 is 0 Å². The van der Waals surface area contributed by atoms with Crippen molar-refractivity contribution >= 4 is 0 Å². The predicted molar refractivity (Wildman–Crippen MR) is 19.1 cm³/mol. The molecule has 0 nitrogen and oxygen atoms in total. The van der Waals surface area contributed by atoms with Crippen LogP contribution in [0.4, 0.5) is 0 Å². The fourth-order valence-corrected chi connectivity index (χ4v) is 0. The summed E-state index contributed by atoms with van der Waals surface area (Å²) < 4.78 is 0. The van der Waals surface area contributed by atoms with Crippen molar-refractivity contribution in [3.63, 3.8) is 0 Å². The number of rotatable bonds is 1. The zero-order valence-electron chi connectivity index (χ0n) is 2.79. The van der Waals surface area contributed by atoms with Gasteiger partial charge in [-0.2, -0.15) is 6.58 Å². The zero-order chi connectivity index (χ0) is 3.41. The van der Waals surface area contributed by atoms with E-state index in [0.717, 1.165) is 0 Å². The zero-order valence-corrected chi connectivity index (χ0v) is 3.90. The topological polar surface area (TPSA) is 0 Å². The molecule has 0 saturated heterocycles. The van der Waals surface area contributed by atoms with Gasteiger partial charge in [0.1, 0.15) is 0 Å². The first kappa shape index (κ1) is 8.89. The molecule has 0 aliphatic rings. The Hall–Kier alpha value is -0.000519. The van der Waals surface area contributed by atoms with Crippen molar-refractivity contribution in [2.45, 2.75) is 0 Å². The molecule has 0 atom stereocenters. The minimum atomic E-state index is 0. The van der Waals surface area contributed by atoms with Crippen LogP contribution >= 0.6 is 0 Å². The summed E-state index contributed by atoms with van der Waals surface area (Å²) in [6.45, 7) is 8.08. The van der Waals surface area contributed by atoms with E-state index >= 15 is 0 Å². The molecule has 0 rings (SSSR count). The van der Waals surface area contributed by atoms with Crippen LogP contribution in [-0.4, -0.2) is 0 Å². The van der Waals surface area contributed by atoms with Crippen molar-refractivity contribution in [1.82, 2.24) is 0 Å². The fourth-order valence-electron chi connectivity index (χ4n) is 0. The fraction of sp³-hybridized carbons (Fsp3) is 0. The minimum absolute atomic E-state index is 0. The molecule has 0 saturated carbocycles. The average Bonchev–Trinajstić information content (AvgIpc) is 1.37. The molecule has 0 heterocycles. The smallest absolute Gasteiger partial charge is 0 e. The maximum Gasteiger partial charge on any atom is 0 e. The SMILES string of the molecule is [CH-]=CC=C.[Fe]. The van der Waals surface area contributed by atoms with Gasteiger partial charge in [-0.15, -0.1) is 0 Å². The van der Waals surface area contributed by atoms with Gasteiger partial charge in [0.05, 0.1) is 0 Å². The molecule has 30 valence electrons. The van der Waals surface area contributed by atoms with Crippen molar-refractivity contribution in [3.05, 3.63) is 25.3 Å². The van der Waals surface area contributed by atoms with Crippen LogP contribution in [0.5, 0.6) is 0 Å². The largest absolute Gasteiger partial charge is 0.293 e. The van der Waals surface area contributed by atoms with Crippen molar-refractivity contribution in [2.24, 2.45) is 0 Å². The summed E-state index contributed by atoms with van der Waals surface area (Å²) in [5, 5.41) is 0. The van der Waals surface area contributed by atoms with E-state index in [-0.39, 0.29) is 17.1 Å². The van der Waals surface area contributed by atoms with Crippen LogP contribution < -0.4 is 0 Å². The van der Waals surface area contributed by atoms with E-state index in [1.165, 1.54) is 12.2 Å². The number of allylic oxidation sites excluding steroid dienone is 2. The van der Waals surface area contributed by atoms with Gasteiger partial charge in [-0.05, 0) is 0 Å². The first-order valence-corrected chi connectivity index (χ1v) is 1.07. The van der Waals surface area contributed by atoms with Crippen LogP contribution in [-0.2, 0) is 17.1 Å². The molecule has 1 heteroatoms. The molecule has 0 aromatic rings. The van der Waals surface area contributed by atoms with Gasteiger partial charge in [-0.3, -0.25) is 6.58 Å². The van der Waals surface area contributed by atoms with Crippen LogP contribution in [0.3, 0.4) is 0 Å². The summed E-state index contributed by atoms with van der Waals surface area (Å²) in [6, 6.07) is 0. The first-order valence-electron chi connectivity index (χ1n) is 1.07. The Bertz CT molecular complexity index is 24.6. The Balaban J connectivity index is 0. The minimum Gasteiger partial charge on any atom is -0.293 e. The molecule has 0 radical (unpaired) electrons.